The molecular formula is C21H22FN5O4S2. The molecule has 1 aromatic heterocycles. The Labute approximate surface area is 195 Å². The van der Waals surface area contributed by atoms with Crippen molar-refractivity contribution in [1.29, 1.82) is 0 Å². The first-order valence-electron chi connectivity index (χ1n) is 10.1. The molecule has 3 aromatic rings. The number of rotatable bonds is 7. The van der Waals surface area contributed by atoms with Crippen LogP contribution in [0, 0.1) is 5.82 Å². The van der Waals surface area contributed by atoms with E-state index in [1.807, 2.05) is 12.1 Å². The van der Waals surface area contributed by atoms with Crippen LogP contribution in [0.15, 0.2) is 58.2 Å². The molecule has 12 heteroatoms. The summed E-state index contributed by atoms with van der Waals surface area (Å²) in [5.74, 6) is -0.383. The topological polar surface area (TPSA) is 109 Å². The maximum absolute atomic E-state index is 13.3. The monoisotopic (exact) mass is 491 g/mol. The minimum atomic E-state index is -3.16. The fourth-order valence-corrected chi connectivity index (χ4v) is 4.75. The molecule has 0 unspecified atom stereocenters. The summed E-state index contributed by atoms with van der Waals surface area (Å²) in [5.41, 5.74) is 2.08. The number of anilines is 2. The molecule has 1 aliphatic heterocycles. The van der Waals surface area contributed by atoms with Crippen LogP contribution < -0.4 is 10.2 Å². The van der Waals surface area contributed by atoms with E-state index in [4.69, 9.17) is 4.42 Å². The average molecular weight is 492 g/mol. The van der Waals surface area contributed by atoms with E-state index in [2.05, 4.69) is 20.4 Å². The number of sulfonamides is 1. The second-order valence-electron chi connectivity index (χ2n) is 7.42. The van der Waals surface area contributed by atoms with Gasteiger partial charge in [-0.25, -0.2) is 12.8 Å². The predicted molar refractivity (Wildman–Crippen MR) is 124 cm³/mol. The standard InChI is InChI=1S/C21H22FN5O4S2/c1-33(29,30)27-11-9-26(10-12-27)18-7-5-17(6-8-18)23-19(28)14-32-21-25-24-20(31-21)15-3-2-4-16(22)13-15/h2-8,13H,9-12,14H2,1H3,(H,23,28). The lowest BCUT2D eigenvalue weighted by Crippen LogP contribution is -2.48. The van der Waals surface area contributed by atoms with E-state index in [0.717, 1.165) is 17.4 Å². The SMILES string of the molecule is CS(=O)(=O)N1CCN(c2ccc(NC(=O)CSc3nnc(-c4cccc(F)c4)o3)cc2)CC1. The van der Waals surface area contributed by atoms with Crippen LogP contribution in [0.4, 0.5) is 15.8 Å². The lowest BCUT2D eigenvalue weighted by Gasteiger charge is -2.34. The third-order valence-corrected chi connectivity index (χ3v) is 7.15. The van der Waals surface area contributed by atoms with E-state index < -0.39 is 15.8 Å². The summed E-state index contributed by atoms with van der Waals surface area (Å²) in [4.78, 5) is 14.4. The van der Waals surface area contributed by atoms with E-state index in [9.17, 15) is 17.6 Å². The van der Waals surface area contributed by atoms with Crippen molar-refractivity contribution >= 4 is 39.1 Å². The molecule has 0 atom stereocenters. The lowest BCUT2D eigenvalue weighted by molar-refractivity contribution is -0.113. The number of piperazine rings is 1. The molecule has 2 heterocycles. The number of nitrogens with zero attached hydrogens (tertiary/aromatic N) is 4. The minimum Gasteiger partial charge on any atom is -0.411 e. The first kappa shape index (κ1) is 23.2. The van der Waals surface area contributed by atoms with Crippen molar-refractivity contribution in [3.63, 3.8) is 0 Å². The molecule has 0 saturated carbocycles. The van der Waals surface area contributed by atoms with Gasteiger partial charge in [0.1, 0.15) is 5.82 Å². The number of carbonyl (C=O) groups excluding carboxylic acids is 1. The van der Waals surface area contributed by atoms with E-state index in [1.54, 1.807) is 24.3 Å². The highest BCUT2D eigenvalue weighted by Gasteiger charge is 2.23. The highest BCUT2D eigenvalue weighted by atomic mass is 32.2. The zero-order valence-electron chi connectivity index (χ0n) is 17.8. The first-order valence-corrected chi connectivity index (χ1v) is 12.9. The van der Waals surface area contributed by atoms with Crippen molar-refractivity contribution in [1.82, 2.24) is 14.5 Å². The summed E-state index contributed by atoms with van der Waals surface area (Å²) in [5, 5.41) is 10.8. The zero-order chi connectivity index (χ0) is 23.4. The third kappa shape index (κ3) is 6.09. The Morgan fingerprint density at radius 2 is 1.85 bits per heavy atom. The van der Waals surface area contributed by atoms with Gasteiger partial charge in [0, 0.05) is 43.1 Å². The van der Waals surface area contributed by atoms with Gasteiger partial charge < -0.3 is 14.6 Å². The van der Waals surface area contributed by atoms with Crippen LogP contribution in [0.25, 0.3) is 11.5 Å². The molecule has 2 aromatic carbocycles. The Morgan fingerprint density at radius 3 is 2.52 bits per heavy atom. The lowest BCUT2D eigenvalue weighted by atomic mass is 10.2. The molecule has 174 valence electrons. The van der Waals surface area contributed by atoms with Crippen LogP contribution in [0.3, 0.4) is 0 Å². The molecule has 1 fully saturated rings. The molecule has 0 bridgehead atoms. The Morgan fingerprint density at radius 1 is 1.12 bits per heavy atom. The number of hydrogen-bond acceptors (Lipinski definition) is 8. The summed E-state index contributed by atoms with van der Waals surface area (Å²) in [6, 6.07) is 13.2. The highest BCUT2D eigenvalue weighted by Crippen LogP contribution is 2.24. The molecule has 0 aliphatic carbocycles. The summed E-state index contributed by atoms with van der Waals surface area (Å²) >= 11 is 1.09. The van der Waals surface area contributed by atoms with Gasteiger partial charge in [0.25, 0.3) is 5.22 Å². The third-order valence-electron chi connectivity index (χ3n) is 5.03. The minimum absolute atomic E-state index is 0.0694. The van der Waals surface area contributed by atoms with Crippen molar-refractivity contribution in [2.45, 2.75) is 5.22 Å². The molecule has 0 radical (unpaired) electrons. The second kappa shape index (κ2) is 9.89. The van der Waals surface area contributed by atoms with Crippen molar-refractivity contribution in [2.75, 3.05) is 48.4 Å². The average Bonchev–Trinajstić information content (AvgIpc) is 3.27. The molecule has 1 aliphatic rings. The van der Waals surface area contributed by atoms with Crippen LogP contribution >= 0.6 is 11.8 Å². The van der Waals surface area contributed by atoms with E-state index in [1.165, 1.54) is 22.7 Å². The number of benzene rings is 2. The predicted octanol–water partition coefficient (Wildman–Crippen LogP) is 2.69. The van der Waals surface area contributed by atoms with Crippen LogP contribution in [0.1, 0.15) is 0 Å². The molecule has 1 amide bonds. The normalized spacial score (nSPS) is 14.9. The van der Waals surface area contributed by atoms with E-state index in [0.29, 0.717) is 37.4 Å². The van der Waals surface area contributed by atoms with Gasteiger partial charge in [0.15, 0.2) is 0 Å². The van der Waals surface area contributed by atoms with E-state index in [-0.39, 0.29) is 22.8 Å². The molecule has 0 spiro atoms. The number of amides is 1. The fourth-order valence-electron chi connectivity index (χ4n) is 3.36. The molecule has 4 rings (SSSR count). The summed E-state index contributed by atoms with van der Waals surface area (Å²) in [6.07, 6.45) is 1.22. The van der Waals surface area contributed by atoms with Gasteiger partial charge in [-0.3, -0.25) is 4.79 Å². The maximum Gasteiger partial charge on any atom is 0.277 e. The van der Waals surface area contributed by atoms with Gasteiger partial charge in [-0.15, -0.1) is 10.2 Å². The van der Waals surface area contributed by atoms with Gasteiger partial charge in [-0.2, -0.15) is 4.31 Å². The zero-order valence-corrected chi connectivity index (χ0v) is 19.4. The van der Waals surface area contributed by atoms with Crippen molar-refractivity contribution in [3.8, 4) is 11.5 Å². The van der Waals surface area contributed by atoms with E-state index >= 15 is 0 Å². The molecule has 1 N–H and O–H groups in total. The van der Waals surface area contributed by atoms with Crippen LogP contribution in [0.5, 0.6) is 0 Å². The highest BCUT2D eigenvalue weighted by molar-refractivity contribution is 7.99. The van der Waals surface area contributed by atoms with Crippen molar-refractivity contribution < 1.29 is 22.0 Å². The quantitative estimate of drug-likeness (QED) is 0.503. The second-order valence-corrected chi connectivity index (χ2v) is 10.3. The smallest absolute Gasteiger partial charge is 0.277 e. The number of thioether (sulfide) groups is 1. The van der Waals surface area contributed by atoms with Crippen molar-refractivity contribution in [3.05, 3.63) is 54.3 Å². The summed E-state index contributed by atoms with van der Waals surface area (Å²) < 4.78 is 43.6. The van der Waals surface area contributed by atoms with Gasteiger partial charge in [0.05, 0.1) is 12.0 Å². The van der Waals surface area contributed by atoms with Crippen LogP contribution in [-0.4, -0.2) is 67.0 Å². The number of hydrogen-bond donors (Lipinski definition) is 1. The molecule has 9 nitrogen and oxygen atoms in total. The summed E-state index contributed by atoms with van der Waals surface area (Å²) in [6.45, 7) is 2.12. The number of halogens is 1. The van der Waals surface area contributed by atoms with Gasteiger partial charge in [0.2, 0.25) is 21.8 Å². The van der Waals surface area contributed by atoms with Gasteiger partial charge in [-0.05, 0) is 42.5 Å². The molecule has 1 saturated heterocycles. The molecule has 33 heavy (non-hydrogen) atoms. The number of nitrogens with one attached hydrogen (secondary N) is 1. The van der Waals surface area contributed by atoms with Crippen molar-refractivity contribution in [2.24, 2.45) is 0 Å². The molecular weight excluding hydrogens is 469 g/mol. The Hall–Kier alpha value is -2.96. The summed E-state index contributed by atoms with van der Waals surface area (Å²) in [7, 11) is -3.16. The Balaban J connectivity index is 1.26. The Bertz CT molecular complexity index is 1230. The first-order chi connectivity index (χ1) is 15.8. The van der Waals surface area contributed by atoms with Gasteiger partial charge >= 0.3 is 0 Å². The van der Waals surface area contributed by atoms with Gasteiger partial charge in [-0.1, -0.05) is 17.8 Å². The number of aromatic nitrogens is 2. The van der Waals surface area contributed by atoms with Crippen LogP contribution in [0.2, 0.25) is 0 Å². The largest absolute Gasteiger partial charge is 0.411 e. The fraction of sp³-hybridized carbons (Fsp3) is 0.286. The van der Waals surface area contributed by atoms with Crippen LogP contribution in [-0.2, 0) is 14.8 Å². The Kier molecular flexibility index (Phi) is 6.96. The number of carbonyl (C=O) groups is 1. The maximum atomic E-state index is 13.3.